The van der Waals surface area contributed by atoms with E-state index in [4.69, 9.17) is 5.73 Å². The third-order valence-electron chi connectivity index (χ3n) is 3.07. The Morgan fingerprint density at radius 2 is 1.95 bits per heavy atom. The minimum atomic E-state index is -0.799. The van der Waals surface area contributed by atoms with E-state index in [9.17, 15) is 14.4 Å². The molecule has 0 aromatic heterocycles. The number of amides is 2. The topological polar surface area (TPSA) is 80.5 Å². The highest BCUT2D eigenvalue weighted by atomic mass is 32.2. The van der Waals surface area contributed by atoms with Crippen molar-refractivity contribution in [3.8, 4) is 0 Å². The first-order chi connectivity index (χ1) is 8.79. The maximum Gasteiger partial charge on any atom is 0.283 e. The molecule has 1 aliphatic heterocycles. The number of nitrogens with zero attached hydrogens (tertiary/aromatic N) is 1. The van der Waals surface area contributed by atoms with Gasteiger partial charge in [-0.3, -0.25) is 19.3 Å². The predicted molar refractivity (Wildman–Crippen MR) is 76.8 cm³/mol. The van der Waals surface area contributed by atoms with Gasteiger partial charge >= 0.3 is 0 Å². The molecular formula is C13H23N2O3S+. The Labute approximate surface area is 118 Å². The summed E-state index contributed by atoms with van der Waals surface area (Å²) in [4.78, 5) is 37.4. The number of thiol groups is 1. The second kappa shape index (κ2) is 6.52. The number of rotatable bonds is 6. The van der Waals surface area contributed by atoms with Crippen LogP contribution in [0.1, 0.15) is 34.1 Å². The van der Waals surface area contributed by atoms with Crippen molar-refractivity contribution < 1.29 is 14.4 Å². The molecule has 0 aliphatic carbocycles. The van der Waals surface area contributed by atoms with Crippen LogP contribution >= 0.6 is 0 Å². The SMILES string of the molecule is CC(C)[SH+]C1CC(=O)N(C(CN)C(=O)C(C)C)C1=O. The van der Waals surface area contributed by atoms with Crippen LogP contribution in [0.5, 0.6) is 0 Å². The number of Topliss-reactive ketones (excluding diaryl/α,β-unsaturated/α-hetero) is 1. The third-order valence-corrected chi connectivity index (χ3v) is 4.43. The number of likely N-dealkylation sites (tertiary alicyclic amines) is 1. The standard InChI is InChI=1S/C13H22N2O3S/c1-7(2)12(17)9(6-14)15-11(16)5-10(13(15)18)19-8(3)4/h7-10H,5-6,14H2,1-4H3/p+1. The van der Waals surface area contributed by atoms with Crippen LogP contribution in [0.2, 0.25) is 0 Å². The molecule has 0 saturated carbocycles. The summed E-state index contributed by atoms with van der Waals surface area (Å²) in [5, 5.41) is 0.000314. The molecule has 1 rings (SSSR count). The predicted octanol–water partition coefficient (Wildman–Crippen LogP) is -0.110. The lowest BCUT2D eigenvalue weighted by Crippen LogP contribution is -2.51. The summed E-state index contributed by atoms with van der Waals surface area (Å²) in [6.07, 6.45) is 0.195. The van der Waals surface area contributed by atoms with Crippen molar-refractivity contribution >= 4 is 29.4 Å². The van der Waals surface area contributed by atoms with Crippen molar-refractivity contribution in [1.29, 1.82) is 0 Å². The number of nitrogens with two attached hydrogens (primary N) is 1. The van der Waals surface area contributed by atoms with Crippen molar-refractivity contribution in [1.82, 2.24) is 4.90 Å². The highest BCUT2D eigenvalue weighted by molar-refractivity contribution is 7.80. The first kappa shape index (κ1) is 16.2. The van der Waals surface area contributed by atoms with Gasteiger partial charge in [-0.05, 0) is 25.6 Å². The van der Waals surface area contributed by atoms with E-state index in [1.165, 1.54) is 0 Å². The van der Waals surface area contributed by atoms with Crippen LogP contribution in [0.25, 0.3) is 0 Å². The third kappa shape index (κ3) is 3.57. The maximum atomic E-state index is 12.3. The second-order valence-corrected chi connectivity index (χ2v) is 7.33. The number of imide groups is 1. The van der Waals surface area contributed by atoms with Gasteiger partial charge in [0.25, 0.3) is 5.91 Å². The van der Waals surface area contributed by atoms with Gasteiger partial charge in [-0.25, -0.2) is 0 Å². The minimum absolute atomic E-state index is 0.000217. The van der Waals surface area contributed by atoms with Gasteiger partial charge in [-0.15, -0.1) is 0 Å². The number of hydrogen-bond donors (Lipinski definition) is 1. The largest absolute Gasteiger partial charge is 0.328 e. The van der Waals surface area contributed by atoms with E-state index in [0.29, 0.717) is 5.25 Å². The highest BCUT2D eigenvalue weighted by Crippen LogP contribution is 2.22. The Balaban J connectivity index is 2.90. The minimum Gasteiger partial charge on any atom is -0.328 e. The summed E-state index contributed by atoms with van der Waals surface area (Å²) >= 11 is 0.937. The lowest BCUT2D eigenvalue weighted by atomic mass is 10.0. The van der Waals surface area contributed by atoms with Crippen molar-refractivity contribution in [3.05, 3.63) is 0 Å². The fourth-order valence-electron chi connectivity index (χ4n) is 2.17. The van der Waals surface area contributed by atoms with Crippen LogP contribution in [0.3, 0.4) is 0 Å². The Hall–Kier alpha value is -0.880. The number of ketones is 1. The molecule has 5 nitrogen and oxygen atoms in total. The zero-order valence-corrected chi connectivity index (χ0v) is 12.8. The van der Waals surface area contributed by atoms with Gasteiger partial charge in [0.15, 0.2) is 5.78 Å². The fraction of sp³-hybridized carbons (Fsp3) is 0.769. The van der Waals surface area contributed by atoms with Crippen molar-refractivity contribution in [2.75, 3.05) is 6.54 Å². The first-order valence-electron chi connectivity index (χ1n) is 6.59. The Kier molecular flexibility index (Phi) is 5.55. The molecule has 2 amide bonds. The molecule has 2 N–H and O–H groups in total. The number of carbonyl (C=O) groups excluding carboxylic acids is 3. The van der Waals surface area contributed by atoms with Crippen molar-refractivity contribution in [2.24, 2.45) is 11.7 Å². The van der Waals surface area contributed by atoms with Gasteiger partial charge in [-0.1, -0.05) is 13.8 Å². The Morgan fingerprint density at radius 1 is 1.37 bits per heavy atom. The van der Waals surface area contributed by atoms with Gasteiger partial charge < -0.3 is 5.73 Å². The molecule has 1 aliphatic rings. The molecule has 0 spiro atoms. The summed E-state index contributed by atoms with van der Waals surface area (Å²) in [5.74, 6) is -0.903. The van der Waals surface area contributed by atoms with Gasteiger partial charge in [0.05, 0.1) is 6.42 Å². The zero-order valence-electron chi connectivity index (χ0n) is 11.9. The van der Waals surface area contributed by atoms with Crippen LogP contribution in [0.15, 0.2) is 0 Å². The molecule has 0 radical (unpaired) electrons. The Morgan fingerprint density at radius 3 is 2.37 bits per heavy atom. The molecule has 0 bridgehead atoms. The molecule has 0 aromatic carbocycles. The monoisotopic (exact) mass is 287 g/mol. The van der Waals surface area contributed by atoms with Crippen LogP contribution < -0.4 is 5.73 Å². The molecule has 6 heteroatoms. The molecule has 2 unspecified atom stereocenters. The van der Waals surface area contributed by atoms with Gasteiger partial charge in [0, 0.05) is 12.5 Å². The van der Waals surface area contributed by atoms with Crippen LogP contribution in [-0.4, -0.2) is 45.6 Å². The smallest absolute Gasteiger partial charge is 0.283 e. The second-order valence-electron chi connectivity index (χ2n) is 5.37. The summed E-state index contributed by atoms with van der Waals surface area (Å²) < 4.78 is 0. The van der Waals surface area contributed by atoms with E-state index in [1.807, 2.05) is 13.8 Å². The fourth-order valence-corrected chi connectivity index (χ4v) is 3.41. The summed E-state index contributed by atoms with van der Waals surface area (Å²) in [6, 6.07) is -0.799. The molecule has 19 heavy (non-hydrogen) atoms. The molecule has 108 valence electrons. The summed E-state index contributed by atoms with van der Waals surface area (Å²) in [6.45, 7) is 7.50. The first-order valence-corrected chi connectivity index (χ1v) is 7.62. The summed E-state index contributed by atoms with van der Waals surface area (Å²) in [5.41, 5.74) is 5.59. The van der Waals surface area contributed by atoms with Crippen LogP contribution in [0.4, 0.5) is 0 Å². The van der Waals surface area contributed by atoms with Crippen molar-refractivity contribution in [2.45, 2.75) is 50.7 Å². The van der Waals surface area contributed by atoms with E-state index in [-0.39, 0.29) is 41.7 Å². The zero-order chi connectivity index (χ0) is 14.7. The van der Waals surface area contributed by atoms with Gasteiger partial charge in [0.1, 0.15) is 11.3 Å². The normalized spacial score (nSPS) is 21.6. The number of hydrogen-bond acceptors (Lipinski definition) is 4. The van der Waals surface area contributed by atoms with E-state index >= 15 is 0 Å². The van der Waals surface area contributed by atoms with E-state index in [1.54, 1.807) is 13.8 Å². The molecule has 1 fully saturated rings. The van der Waals surface area contributed by atoms with Crippen molar-refractivity contribution in [3.63, 3.8) is 0 Å². The van der Waals surface area contributed by atoms with Crippen LogP contribution in [0, 0.1) is 5.92 Å². The lowest BCUT2D eigenvalue weighted by molar-refractivity contribution is -0.146. The Bertz CT molecular complexity index is 382. The average molecular weight is 287 g/mol. The van der Waals surface area contributed by atoms with E-state index in [2.05, 4.69) is 0 Å². The molecule has 2 atom stereocenters. The average Bonchev–Trinajstić information content (AvgIpc) is 2.56. The van der Waals surface area contributed by atoms with Crippen LogP contribution in [-0.2, 0) is 26.1 Å². The highest BCUT2D eigenvalue weighted by Gasteiger charge is 2.48. The lowest BCUT2D eigenvalue weighted by Gasteiger charge is -2.24. The number of carbonyl (C=O) groups is 3. The molecule has 1 saturated heterocycles. The van der Waals surface area contributed by atoms with Gasteiger partial charge in [-0.2, -0.15) is 0 Å². The van der Waals surface area contributed by atoms with E-state index in [0.717, 1.165) is 16.7 Å². The molecular weight excluding hydrogens is 264 g/mol. The maximum absolute atomic E-state index is 12.3. The summed E-state index contributed by atoms with van der Waals surface area (Å²) in [7, 11) is 0. The quantitative estimate of drug-likeness (QED) is 0.420. The van der Waals surface area contributed by atoms with Gasteiger partial charge in [0.2, 0.25) is 11.2 Å². The van der Waals surface area contributed by atoms with E-state index < -0.39 is 6.04 Å². The molecule has 1 heterocycles. The molecule has 0 aromatic rings.